The number of nitrogens with zero attached hydrogens (tertiary/aromatic N) is 2. The first kappa shape index (κ1) is 97.6. The topological polar surface area (TPSA) is 208 Å². The number of rotatable bonds is 39. The molecule has 682 valence electrons. The fourth-order valence-electron chi connectivity index (χ4n) is 15.9. The molecule has 0 amide bonds. The van der Waals surface area contributed by atoms with Crippen LogP contribution in [0.4, 0.5) is 0 Å². The number of benzene rings is 12. The molecule has 0 fully saturated rings. The number of aldehydes is 2. The summed E-state index contributed by atoms with van der Waals surface area (Å²) in [5, 5.41) is 1.23. The minimum atomic E-state index is -3.24. The van der Waals surface area contributed by atoms with Gasteiger partial charge in [0.15, 0.2) is 34.5 Å². The summed E-state index contributed by atoms with van der Waals surface area (Å²) in [4.78, 5) is 32.8. The Bertz CT molecular complexity index is 5750. The number of carbonyl (C=O) groups is 2. The fourth-order valence-corrected chi connectivity index (χ4v) is 30.9. The molecule has 24 heteroatoms. The Morgan fingerprint density at radius 3 is 0.735 bits per heavy atom. The van der Waals surface area contributed by atoms with Crippen LogP contribution < -0.4 is 103 Å². The number of ether oxygens (including phenoxy) is 16. The summed E-state index contributed by atoms with van der Waals surface area (Å²) in [6.07, 6.45) is 10.7. The smallest absolute Gasteiger partial charge is 0.203 e. The van der Waals surface area contributed by atoms with E-state index in [2.05, 4.69) is 231 Å². The fraction of sp³-hybridized carbons (Fsp3) is 0.185. The van der Waals surface area contributed by atoms with E-state index in [1.165, 1.54) is 60.3 Å². The normalized spacial score (nSPS) is 11.7. The molecule has 0 unspecified atom stereocenters. The van der Waals surface area contributed by atoms with Crippen molar-refractivity contribution in [2.24, 2.45) is 0 Å². The predicted octanol–water partition coefficient (Wildman–Crippen LogP) is 21.8. The van der Waals surface area contributed by atoms with Gasteiger partial charge in [0.1, 0.15) is 66.9 Å². The first-order valence-corrected chi connectivity index (χ1v) is 51.0. The van der Waals surface area contributed by atoms with E-state index < -0.39 is 10.6 Å². The van der Waals surface area contributed by atoms with E-state index in [1.807, 2.05) is 85.8 Å². The maximum absolute atomic E-state index is 11.2. The molecule has 0 aliphatic carbocycles. The molecule has 0 aliphatic rings. The van der Waals surface area contributed by atoms with Gasteiger partial charge in [-0.15, -0.1) is 0 Å². The molecule has 0 bridgehead atoms. The summed E-state index contributed by atoms with van der Waals surface area (Å²) in [5.74, 6) is 7.54. The molecule has 12 aromatic carbocycles. The number of halogens is 2. The second-order valence-corrected chi connectivity index (χ2v) is 48.1. The van der Waals surface area contributed by atoms with E-state index in [0.717, 1.165) is 74.4 Å². The summed E-state index contributed by atoms with van der Waals surface area (Å²) >= 11 is 9.30. The second kappa shape index (κ2) is 45.9. The van der Waals surface area contributed by atoms with Gasteiger partial charge < -0.3 is 75.8 Å². The van der Waals surface area contributed by atoms with Crippen molar-refractivity contribution in [1.82, 2.24) is 9.97 Å². The summed E-state index contributed by atoms with van der Waals surface area (Å²) in [5.41, 5.74) is 10.3. The Hall–Kier alpha value is -13.5. The van der Waals surface area contributed by atoms with Crippen LogP contribution in [0.3, 0.4) is 0 Å². The molecule has 0 atom stereocenters. The third kappa shape index (κ3) is 21.9. The quantitative estimate of drug-likeness (QED) is 0.0259. The molecule has 0 saturated carbocycles. The van der Waals surface area contributed by atoms with Crippen LogP contribution in [-0.4, -0.2) is 115 Å². The van der Waals surface area contributed by atoms with Crippen LogP contribution in [0.15, 0.2) is 291 Å². The minimum Gasteiger partial charge on any atom is -0.496 e. The predicted molar refractivity (Wildman–Crippen MR) is 538 cm³/mol. The third-order valence-electron chi connectivity index (χ3n) is 22.5. The molecule has 0 spiro atoms. The minimum absolute atomic E-state index is 0.0859. The van der Waals surface area contributed by atoms with Gasteiger partial charge in [-0.25, -0.2) is 4.98 Å². The van der Waals surface area contributed by atoms with Crippen LogP contribution in [0.25, 0.3) is 24.3 Å². The van der Waals surface area contributed by atoms with E-state index in [-0.39, 0.29) is 19.8 Å². The monoisotopic (exact) mass is 1940 g/mol. The zero-order chi connectivity index (χ0) is 93.7. The van der Waals surface area contributed by atoms with Crippen molar-refractivity contribution in [1.29, 1.82) is 0 Å². The van der Waals surface area contributed by atoms with E-state index in [1.54, 1.807) is 100 Å². The van der Waals surface area contributed by atoms with E-state index in [0.29, 0.717) is 116 Å². The summed E-state index contributed by atoms with van der Waals surface area (Å²) in [7, 11) is 20.3. The zero-order valence-electron chi connectivity index (χ0n) is 76.3. The first-order chi connectivity index (χ1) is 64.2. The molecule has 0 saturated heterocycles. The van der Waals surface area contributed by atoms with Crippen molar-refractivity contribution in [3.8, 4) is 86.2 Å². The third-order valence-corrected chi connectivity index (χ3v) is 41.5. The Morgan fingerprint density at radius 1 is 0.258 bits per heavy atom. The summed E-state index contributed by atoms with van der Waals surface area (Å²) in [6, 6.07) is 99.6. The molecule has 20 nitrogen and oxygen atoms in total. The van der Waals surface area contributed by atoms with Gasteiger partial charge in [-0.1, -0.05) is 18.2 Å². The zero-order valence-corrected chi connectivity index (χ0v) is 81.3. The van der Waals surface area contributed by atoms with Crippen molar-refractivity contribution in [3.05, 3.63) is 364 Å². The van der Waals surface area contributed by atoms with Crippen molar-refractivity contribution in [3.63, 3.8) is 0 Å². The Morgan fingerprint density at radius 2 is 0.492 bits per heavy atom. The van der Waals surface area contributed by atoms with E-state index in [4.69, 9.17) is 85.8 Å². The van der Waals surface area contributed by atoms with Gasteiger partial charge in [-0.05, 0) is 115 Å². The van der Waals surface area contributed by atoms with Crippen LogP contribution in [0.1, 0.15) is 82.4 Å². The Balaban J connectivity index is 0.000000180. The number of pyridine rings is 2. The average Bonchev–Trinajstić information content (AvgIpc) is 0.510. The first-order valence-electron chi connectivity index (χ1n) is 42.1. The number of hydrogen-bond acceptors (Lipinski definition) is 20. The van der Waals surface area contributed by atoms with Gasteiger partial charge in [-0.2, -0.15) is 0 Å². The molecule has 0 N–H and O–H groups in total. The summed E-state index contributed by atoms with van der Waals surface area (Å²) in [6.45, 7) is 2.73. The van der Waals surface area contributed by atoms with E-state index >= 15 is 0 Å². The summed E-state index contributed by atoms with van der Waals surface area (Å²) < 4.78 is 89.9. The molecule has 2 heterocycles. The number of methoxy groups -OCH3 is 13. The molecule has 0 aliphatic heterocycles. The molecule has 14 rings (SSSR count). The van der Waals surface area contributed by atoms with Gasteiger partial charge in [0.2, 0.25) is 17.2 Å². The van der Waals surface area contributed by atoms with Crippen molar-refractivity contribution in [2.45, 2.75) is 45.7 Å². The Kier molecular flexibility index (Phi) is 33.9. The van der Waals surface area contributed by atoms with Crippen LogP contribution in [0.2, 0.25) is 0 Å². The van der Waals surface area contributed by atoms with E-state index in [9.17, 15) is 9.59 Å². The maximum Gasteiger partial charge on any atom is 0.203 e. The van der Waals surface area contributed by atoms with Crippen LogP contribution >= 0.6 is 41.6 Å². The molecular formula is C108H108Br2N2O18P2. The molecule has 0 radical (unpaired) electrons. The molecule has 132 heavy (non-hydrogen) atoms. The standard InChI is InChI=1S/C43H37Br2NP2.C37H41NO8.C28H30O10/c44-47(38-22-7-1-8-23-38,39-24-9-2-10-25-39,40-26-11-3-12-27-40)34-36-20-19-21-37(46-36)35-48(45,41-28-13-4-14-29-41,42-30-15-5-16-31-42)43-32-17-6-18-33-43;1-24-31(40-3)16-25(17-32(24)41-4)12-14-29-10-9-11-30(38-29)15-13-26-18-35(44-7)37(36(19-26)45-8)46-23-28-21-33(42-5)27(22-39-2)20-34(28)43-6;1-31-21-11-20(16-38-28-25(35-5)9-18(14-30)10-26(28)36-6)22(32-2)12-19(21)15-37-27-23(33-3)7-17(13-29)8-24(27)34-4/h1-33H,34-35H2;9-21H,22-23H2,1-8H3;7-14H,15-16H2,1-6H3/b;14-12+,15-13+;. The Labute approximate surface area is 788 Å². The van der Waals surface area contributed by atoms with Gasteiger partial charge in [-0.3, -0.25) is 9.59 Å². The molecular weight excluding hydrogens is 1830 g/mol. The number of aromatic nitrogens is 2. The van der Waals surface area contributed by atoms with Crippen LogP contribution in [0, 0.1) is 6.92 Å². The molecule has 14 aromatic rings. The SMILES string of the molecule is BrP(Cc1cccc(CP(Br)(c2ccccc2)(c2ccccc2)c2ccccc2)n1)(c1ccccc1)(c1ccccc1)c1ccccc1.COCc1cc(OC)c(COc2c(OC)cc(/C=C/c3cccc(/C=C/c4cc(OC)c(C)c(OC)c4)n3)cc2OC)cc1OC.COc1cc(COc2c(OC)cc(C=O)cc2OC)c(OC)cc1COc1c(OC)cc(C=O)cc1OC. The van der Waals surface area contributed by atoms with Crippen molar-refractivity contribution < 1.29 is 85.4 Å². The van der Waals surface area contributed by atoms with Crippen molar-refractivity contribution >= 4 is 110 Å². The van der Waals surface area contributed by atoms with Gasteiger partial charge >= 0.3 is 302 Å². The number of hydrogen-bond donors (Lipinski definition) is 0. The van der Waals surface area contributed by atoms with Gasteiger partial charge in [0.05, 0.1) is 103 Å². The average molecular weight is 1940 g/mol. The number of carbonyl (C=O) groups excluding carboxylic acids is 2. The van der Waals surface area contributed by atoms with Gasteiger partial charge in [0, 0.05) is 46.1 Å². The largest absolute Gasteiger partial charge is 0.496 e. The van der Waals surface area contributed by atoms with Gasteiger partial charge in [0.25, 0.3) is 0 Å². The van der Waals surface area contributed by atoms with Crippen LogP contribution in [-0.2, 0) is 43.5 Å². The van der Waals surface area contributed by atoms with Crippen LogP contribution in [0.5, 0.6) is 86.2 Å². The second-order valence-electron chi connectivity index (χ2n) is 30.3. The molecule has 2 aromatic heterocycles. The van der Waals surface area contributed by atoms with Crippen molar-refractivity contribution in [2.75, 3.05) is 92.4 Å². The maximum atomic E-state index is 11.2.